The van der Waals surface area contributed by atoms with Gasteiger partial charge in [0.15, 0.2) is 0 Å². The summed E-state index contributed by atoms with van der Waals surface area (Å²) in [4.78, 5) is 0. The van der Waals surface area contributed by atoms with Crippen LogP contribution in [-0.2, 0) is 0 Å². The second-order valence-corrected chi connectivity index (χ2v) is 6.78. The minimum Gasteiger partial charge on any atom is -0.508 e. The molecule has 1 saturated heterocycles. The molecule has 0 aliphatic carbocycles. The van der Waals surface area contributed by atoms with Crippen molar-refractivity contribution in [1.82, 2.24) is 5.32 Å². The van der Waals surface area contributed by atoms with Crippen LogP contribution < -0.4 is 5.32 Å². The Bertz CT molecular complexity index is 400. The highest BCUT2D eigenvalue weighted by Gasteiger charge is 2.53. The molecular formula is C15H23NO. The van der Waals surface area contributed by atoms with Crippen LogP contribution in [0.15, 0.2) is 24.3 Å². The molecule has 1 aliphatic rings. The van der Waals surface area contributed by atoms with Gasteiger partial charge in [0.2, 0.25) is 0 Å². The Balaban J connectivity index is 2.32. The summed E-state index contributed by atoms with van der Waals surface area (Å²) in [6.45, 7) is 11.3. The molecule has 1 aromatic carbocycles. The summed E-state index contributed by atoms with van der Waals surface area (Å²) in [5.41, 5.74) is 1.75. The number of hydrogen-bond donors (Lipinski definition) is 2. The Morgan fingerprint density at radius 2 is 1.65 bits per heavy atom. The van der Waals surface area contributed by atoms with Crippen LogP contribution in [0, 0.1) is 5.41 Å². The Morgan fingerprint density at radius 1 is 1.18 bits per heavy atom. The maximum absolute atomic E-state index is 9.38. The van der Waals surface area contributed by atoms with Crippen molar-refractivity contribution in [2.45, 2.75) is 52.1 Å². The van der Waals surface area contributed by atoms with E-state index in [-0.39, 0.29) is 11.0 Å². The van der Waals surface area contributed by atoms with Crippen LogP contribution in [0.1, 0.15) is 46.1 Å². The first-order valence-electron chi connectivity index (χ1n) is 6.28. The minimum absolute atomic E-state index is 0.211. The first-order chi connectivity index (χ1) is 7.72. The SMILES string of the molecule is CC(C)(C)C(c1ccc(O)cc1)C1NC1(C)C. The van der Waals surface area contributed by atoms with Gasteiger partial charge in [0.1, 0.15) is 5.75 Å². The van der Waals surface area contributed by atoms with Gasteiger partial charge in [-0.2, -0.15) is 0 Å². The third-order valence-corrected chi connectivity index (χ3v) is 3.74. The fourth-order valence-electron chi connectivity index (χ4n) is 2.73. The number of hydrogen-bond acceptors (Lipinski definition) is 2. The number of aromatic hydroxyl groups is 1. The Hall–Kier alpha value is -1.02. The fraction of sp³-hybridized carbons (Fsp3) is 0.600. The van der Waals surface area contributed by atoms with E-state index in [2.05, 4.69) is 39.9 Å². The summed E-state index contributed by atoms with van der Waals surface area (Å²) < 4.78 is 0. The summed E-state index contributed by atoms with van der Waals surface area (Å²) in [6.07, 6.45) is 0. The van der Waals surface area contributed by atoms with E-state index in [0.29, 0.717) is 17.7 Å². The highest BCUT2D eigenvalue weighted by molar-refractivity contribution is 5.34. The van der Waals surface area contributed by atoms with Crippen molar-refractivity contribution in [3.63, 3.8) is 0 Å². The Morgan fingerprint density at radius 3 is 2.00 bits per heavy atom. The monoisotopic (exact) mass is 233 g/mol. The van der Waals surface area contributed by atoms with Crippen molar-refractivity contribution in [3.8, 4) is 5.75 Å². The second kappa shape index (κ2) is 3.74. The van der Waals surface area contributed by atoms with Crippen LogP contribution in [0.25, 0.3) is 0 Å². The molecule has 0 radical (unpaired) electrons. The quantitative estimate of drug-likeness (QED) is 0.770. The van der Waals surface area contributed by atoms with Crippen LogP contribution in [0.4, 0.5) is 0 Å². The standard InChI is InChI=1S/C15H23NO/c1-14(2,3)12(13-15(4,5)16-13)10-6-8-11(17)9-7-10/h6-9,12-13,16-17H,1-5H3. The van der Waals surface area contributed by atoms with Gasteiger partial charge < -0.3 is 10.4 Å². The van der Waals surface area contributed by atoms with Crippen LogP contribution in [0.5, 0.6) is 5.75 Å². The molecule has 0 bridgehead atoms. The van der Waals surface area contributed by atoms with Gasteiger partial charge in [-0.1, -0.05) is 32.9 Å². The number of nitrogens with one attached hydrogen (secondary N) is 1. The highest BCUT2D eigenvalue weighted by Crippen LogP contribution is 2.47. The molecule has 2 heteroatoms. The zero-order valence-corrected chi connectivity index (χ0v) is 11.4. The fourth-order valence-corrected chi connectivity index (χ4v) is 2.73. The van der Waals surface area contributed by atoms with E-state index in [1.165, 1.54) is 5.56 Å². The van der Waals surface area contributed by atoms with Gasteiger partial charge >= 0.3 is 0 Å². The molecular weight excluding hydrogens is 210 g/mol. The zero-order chi connectivity index (χ0) is 12.8. The second-order valence-electron chi connectivity index (χ2n) is 6.78. The van der Waals surface area contributed by atoms with Crippen molar-refractivity contribution in [3.05, 3.63) is 29.8 Å². The summed E-state index contributed by atoms with van der Waals surface area (Å²) in [7, 11) is 0. The topological polar surface area (TPSA) is 42.2 Å². The lowest BCUT2D eigenvalue weighted by atomic mass is 9.72. The molecule has 0 saturated carbocycles. The Labute approximate surface area is 104 Å². The molecule has 2 nitrogen and oxygen atoms in total. The zero-order valence-electron chi connectivity index (χ0n) is 11.4. The molecule has 2 unspecified atom stereocenters. The predicted octanol–water partition coefficient (Wildman–Crippen LogP) is 3.27. The number of benzene rings is 1. The van der Waals surface area contributed by atoms with Crippen molar-refractivity contribution in [1.29, 1.82) is 0 Å². The van der Waals surface area contributed by atoms with Gasteiger partial charge in [-0.3, -0.25) is 0 Å². The van der Waals surface area contributed by atoms with Gasteiger partial charge in [-0.05, 0) is 37.0 Å². The van der Waals surface area contributed by atoms with Gasteiger partial charge in [0, 0.05) is 17.5 Å². The third kappa shape index (κ3) is 2.47. The molecule has 1 aliphatic heterocycles. The number of rotatable bonds is 2. The smallest absolute Gasteiger partial charge is 0.115 e. The summed E-state index contributed by atoms with van der Waals surface area (Å²) >= 11 is 0. The molecule has 0 aromatic heterocycles. The minimum atomic E-state index is 0.211. The Kier molecular flexibility index (Phi) is 2.74. The molecule has 1 heterocycles. The normalized spacial score (nSPS) is 24.4. The van der Waals surface area contributed by atoms with Crippen molar-refractivity contribution in [2.75, 3.05) is 0 Å². The largest absolute Gasteiger partial charge is 0.508 e. The highest BCUT2D eigenvalue weighted by atomic mass is 16.3. The van der Waals surface area contributed by atoms with Crippen molar-refractivity contribution < 1.29 is 5.11 Å². The van der Waals surface area contributed by atoms with Gasteiger partial charge in [-0.15, -0.1) is 0 Å². The van der Waals surface area contributed by atoms with E-state index < -0.39 is 0 Å². The number of phenolic OH excluding ortho intramolecular Hbond substituents is 1. The first kappa shape index (κ1) is 12.4. The summed E-state index contributed by atoms with van der Waals surface area (Å²) in [5.74, 6) is 0.808. The van der Waals surface area contributed by atoms with E-state index in [1.807, 2.05) is 12.1 Å². The number of phenols is 1. The molecule has 0 amide bonds. The molecule has 2 rings (SSSR count). The van der Waals surface area contributed by atoms with E-state index >= 15 is 0 Å². The average molecular weight is 233 g/mol. The van der Waals surface area contributed by atoms with Crippen LogP contribution in [-0.4, -0.2) is 16.7 Å². The molecule has 94 valence electrons. The lowest BCUT2D eigenvalue weighted by Gasteiger charge is -2.31. The molecule has 2 N–H and O–H groups in total. The maximum Gasteiger partial charge on any atom is 0.115 e. The van der Waals surface area contributed by atoms with Crippen LogP contribution in [0.2, 0.25) is 0 Å². The van der Waals surface area contributed by atoms with E-state index in [0.717, 1.165) is 0 Å². The van der Waals surface area contributed by atoms with Crippen LogP contribution >= 0.6 is 0 Å². The van der Waals surface area contributed by atoms with E-state index in [1.54, 1.807) is 12.1 Å². The maximum atomic E-state index is 9.38. The average Bonchev–Trinajstić information content (AvgIpc) is 2.76. The van der Waals surface area contributed by atoms with Crippen LogP contribution in [0.3, 0.4) is 0 Å². The molecule has 17 heavy (non-hydrogen) atoms. The lowest BCUT2D eigenvalue weighted by molar-refractivity contribution is 0.306. The summed E-state index contributed by atoms with van der Waals surface area (Å²) in [5, 5.41) is 12.9. The molecule has 1 aromatic rings. The van der Waals surface area contributed by atoms with Crippen molar-refractivity contribution in [2.24, 2.45) is 5.41 Å². The van der Waals surface area contributed by atoms with Gasteiger partial charge in [-0.25, -0.2) is 0 Å². The molecule has 1 fully saturated rings. The first-order valence-corrected chi connectivity index (χ1v) is 6.28. The van der Waals surface area contributed by atoms with Gasteiger partial charge in [0.05, 0.1) is 0 Å². The predicted molar refractivity (Wildman–Crippen MR) is 71.3 cm³/mol. The summed E-state index contributed by atoms with van der Waals surface area (Å²) in [6, 6.07) is 8.17. The van der Waals surface area contributed by atoms with Gasteiger partial charge in [0.25, 0.3) is 0 Å². The van der Waals surface area contributed by atoms with E-state index in [4.69, 9.17) is 0 Å². The van der Waals surface area contributed by atoms with Crippen molar-refractivity contribution >= 4 is 0 Å². The lowest BCUT2D eigenvalue weighted by Crippen LogP contribution is -2.26. The molecule has 2 atom stereocenters. The van der Waals surface area contributed by atoms with E-state index in [9.17, 15) is 5.11 Å². The molecule has 0 spiro atoms. The third-order valence-electron chi connectivity index (χ3n) is 3.74.